The highest BCUT2D eigenvalue weighted by molar-refractivity contribution is 7.98. The Hall–Kier alpha value is -1.95. The molecular formula is C15H18N2O3S. The summed E-state index contributed by atoms with van der Waals surface area (Å²) in [7, 11) is 0. The van der Waals surface area contributed by atoms with E-state index in [4.69, 9.17) is 5.11 Å². The number of carbonyl (C=O) groups is 2. The van der Waals surface area contributed by atoms with Crippen LogP contribution >= 0.6 is 11.8 Å². The molecule has 21 heavy (non-hydrogen) atoms. The summed E-state index contributed by atoms with van der Waals surface area (Å²) < 4.78 is 0. The summed E-state index contributed by atoms with van der Waals surface area (Å²) >= 11 is 1.56. The molecule has 0 radical (unpaired) electrons. The number of amides is 1. The number of aromatic amines is 1. The number of rotatable bonds is 7. The van der Waals surface area contributed by atoms with Gasteiger partial charge in [-0.2, -0.15) is 11.8 Å². The van der Waals surface area contributed by atoms with Gasteiger partial charge in [0.25, 0.3) is 0 Å². The molecule has 0 saturated carbocycles. The molecule has 6 heteroatoms. The first-order valence-electron chi connectivity index (χ1n) is 6.68. The average molecular weight is 306 g/mol. The SMILES string of the molecule is CSCC[C@@H](NC(=O)Cc1c[nH]c2ccccc12)C(=O)O. The van der Waals surface area contributed by atoms with E-state index in [2.05, 4.69) is 10.3 Å². The maximum Gasteiger partial charge on any atom is 0.326 e. The third-order valence-electron chi connectivity index (χ3n) is 3.27. The van der Waals surface area contributed by atoms with Gasteiger partial charge in [0.1, 0.15) is 6.04 Å². The zero-order chi connectivity index (χ0) is 15.2. The number of benzene rings is 1. The summed E-state index contributed by atoms with van der Waals surface area (Å²) in [5.41, 5.74) is 1.84. The Bertz CT molecular complexity index is 639. The number of hydrogen-bond donors (Lipinski definition) is 3. The molecule has 0 aliphatic rings. The molecule has 1 aromatic heterocycles. The summed E-state index contributed by atoms with van der Waals surface area (Å²) in [6, 6.07) is 6.89. The molecule has 0 saturated heterocycles. The van der Waals surface area contributed by atoms with Crippen molar-refractivity contribution >= 4 is 34.5 Å². The fraction of sp³-hybridized carbons (Fsp3) is 0.333. The zero-order valence-corrected chi connectivity index (χ0v) is 12.6. The maximum atomic E-state index is 12.0. The molecule has 0 spiro atoms. The first kappa shape index (κ1) is 15.4. The Balaban J connectivity index is 2.02. The van der Waals surface area contributed by atoms with E-state index in [-0.39, 0.29) is 12.3 Å². The lowest BCUT2D eigenvalue weighted by molar-refractivity contribution is -0.141. The van der Waals surface area contributed by atoms with Crippen LogP contribution in [0, 0.1) is 0 Å². The molecule has 3 N–H and O–H groups in total. The lowest BCUT2D eigenvalue weighted by Crippen LogP contribution is -2.41. The molecule has 0 aliphatic carbocycles. The molecule has 112 valence electrons. The van der Waals surface area contributed by atoms with Crippen LogP contribution in [0.3, 0.4) is 0 Å². The number of carboxylic acids is 1. The van der Waals surface area contributed by atoms with Crippen LogP contribution < -0.4 is 5.32 Å². The first-order chi connectivity index (χ1) is 10.1. The topological polar surface area (TPSA) is 82.2 Å². The number of carboxylic acid groups (broad SMARTS) is 1. The number of para-hydroxylation sites is 1. The van der Waals surface area contributed by atoms with Crippen molar-refractivity contribution < 1.29 is 14.7 Å². The van der Waals surface area contributed by atoms with Crippen molar-refractivity contribution in [2.45, 2.75) is 18.9 Å². The smallest absolute Gasteiger partial charge is 0.326 e. The summed E-state index contributed by atoms with van der Waals surface area (Å²) in [6.07, 6.45) is 4.30. The molecule has 0 aliphatic heterocycles. The van der Waals surface area contributed by atoms with Crippen molar-refractivity contribution in [1.82, 2.24) is 10.3 Å². The van der Waals surface area contributed by atoms with Gasteiger partial charge < -0.3 is 15.4 Å². The van der Waals surface area contributed by atoms with Gasteiger partial charge in [-0.1, -0.05) is 18.2 Å². The van der Waals surface area contributed by atoms with Crippen LogP contribution in [0.25, 0.3) is 10.9 Å². The predicted octanol–water partition coefficient (Wildman–Crippen LogP) is 2.03. The van der Waals surface area contributed by atoms with Crippen LogP contribution in [-0.2, 0) is 16.0 Å². The molecule has 1 heterocycles. The number of carbonyl (C=O) groups excluding carboxylic acids is 1. The average Bonchev–Trinajstić information content (AvgIpc) is 2.86. The molecule has 1 amide bonds. The summed E-state index contributed by atoms with van der Waals surface area (Å²) in [5, 5.41) is 12.7. The Kier molecular flexibility index (Phi) is 5.27. The number of thioether (sulfide) groups is 1. The zero-order valence-electron chi connectivity index (χ0n) is 11.8. The second kappa shape index (κ2) is 7.17. The summed E-state index contributed by atoms with van der Waals surface area (Å²) in [6.45, 7) is 0. The molecule has 0 bridgehead atoms. The molecule has 0 unspecified atom stereocenters. The van der Waals surface area contributed by atoms with E-state index in [1.54, 1.807) is 18.0 Å². The first-order valence-corrected chi connectivity index (χ1v) is 8.07. The third-order valence-corrected chi connectivity index (χ3v) is 3.91. The summed E-state index contributed by atoms with van der Waals surface area (Å²) in [5.74, 6) is -0.561. The van der Waals surface area contributed by atoms with E-state index >= 15 is 0 Å². The summed E-state index contributed by atoms with van der Waals surface area (Å²) in [4.78, 5) is 26.3. The number of aromatic nitrogens is 1. The van der Waals surface area contributed by atoms with Gasteiger partial charge in [0.15, 0.2) is 0 Å². The number of hydrogen-bond acceptors (Lipinski definition) is 3. The fourth-order valence-electron chi connectivity index (χ4n) is 2.19. The van der Waals surface area contributed by atoms with Crippen LogP contribution in [0.5, 0.6) is 0 Å². The second-order valence-electron chi connectivity index (χ2n) is 4.78. The molecule has 0 fully saturated rings. The highest BCUT2D eigenvalue weighted by atomic mass is 32.2. The Morgan fingerprint density at radius 2 is 2.14 bits per heavy atom. The number of H-pyrrole nitrogens is 1. The quantitative estimate of drug-likeness (QED) is 0.731. The lowest BCUT2D eigenvalue weighted by Gasteiger charge is -2.13. The van der Waals surface area contributed by atoms with Crippen molar-refractivity contribution in [3.8, 4) is 0 Å². The minimum Gasteiger partial charge on any atom is -0.480 e. The standard InChI is InChI=1S/C15H18N2O3S/c1-21-7-6-13(15(19)20)17-14(18)8-10-9-16-12-5-3-2-4-11(10)12/h2-5,9,13,16H,6-8H2,1H3,(H,17,18)(H,19,20)/t13-/m1/s1. The van der Waals surface area contributed by atoms with E-state index in [0.717, 1.165) is 16.5 Å². The molecule has 1 atom stereocenters. The van der Waals surface area contributed by atoms with E-state index in [0.29, 0.717) is 12.2 Å². The molecule has 2 aromatic rings. The number of aliphatic carboxylic acids is 1. The predicted molar refractivity (Wildman–Crippen MR) is 84.6 cm³/mol. The van der Waals surface area contributed by atoms with E-state index in [9.17, 15) is 9.59 Å². The van der Waals surface area contributed by atoms with Crippen molar-refractivity contribution in [2.75, 3.05) is 12.0 Å². The van der Waals surface area contributed by atoms with Crippen LogP contribution in [0.15, 0.2) is 30.5 Å². The Morgan fingerprint density at radius 1 is 1.38 bits per heavy atom. The van der Waals surface area contributed by atoms with Gasteiger partial charge in [-0.3, -0.25) is 4.79 Å². The highest BCUT2D eigenvalue weighted by Gasteiger charge is 2.19. The molecule has 5 nitrogen and oxygen atoms in total. The van der Waals surface area contributed by atoms with Crippen LogP contribution in [-0.4, -0.2) is 40.0 Å². The van der Waals surface area contributed by atoms with Gasteiger partial charge in [-0.05, 0) is 30.1 Å². The minimum absolute atomic E-state index is 0.174. The van der Waals surface area contributed by atoms with Crippen LogP contribution in [0.2, 0.25) is 0 Å². The van der Waals surface area contributed by atoms with E-state index in [1.807, 2.05) is 30.5 Å². The Labute approximate surface area is 127 Å². The normalized spacial score (nSPS) is 12.2. The van der Waals surface area contributed by atoms with Crippen LogP contribution in [0.1, 0.15) is 12.0 Å². The van der Waals surface area contributed by atoms with Gasteiger partial charge in [0.05, 0.1) is 6.42 Å². The molecule has 2 rings (SSSR count). The lowest BCUT2D eigenvalue weighted by atomic mass is 10.1. The van der Waals surface area contributed by atoms with Gasteiger partial charge in [0.2, 0.25) is 5.91 Å². The van der Waals surface area contributed by atoms with Crippen LogP contribution in [0.4, 0.5) is 0 Å². The highest BCUT2D eigenvalue weighted by Crippen LogP contribution is 2.18. The third kappa shape index (κ3) is 4.01. The molecular weight excluding hydrogens is 288 g/mol. The Morgan fingerprint density at radius 3 is 2.86 bits per heavy atom. The van der Waals surface area contributed by atoms with Gasteiger partial charge in [-0.15, -0.1) is 0 Å². The van der Waals surface area contributed by atoms with Gasteiger partial charge >= 0.3 is 5.97 Å². The van der Waals surface area contributed by atoms with Crippen molar-refractivity contribution in [3.63, 3.8) is 0 Å². The fourth-order valence-corrected chi connectivity index (χ4v) is 2.66. The maximum absolute atomic E-state index is 12.0. The second-order valence-corrected chi connectivity index (χ2v) is 5.76. The van der Waals surface area contributed by atoms with Gasteiger partial charge in [-0.25, -0.2) is 4.79 Å². The van der Waals surface area contributed by atoms with Gasteiger partial charge in [0, 0.05) is 17.1 Å². The molecule has 1 aromatic carbocycles. The largest absolute Gasteiger partial charge is 0.480 e. The monoisotopic (exact) mass is 306 g/mol. The number of nitrogens with one attached hydrogen (secondary N) is 2. The van der Waals surface area contributed by atoms with E-state index < -0.39 is 12.0 Å². The van der Waals surface area contributed by atoms with Crippen molar-refractivity contribution in [2.24, 2.45) is 0 Å². The van der Waals surface area contributed by atoms with E-state index in [1.165, 1.54) is 0 Å². The number of fused-ring (bicyclic) bond motifs is 1. The van der Waals surface area contributed by atoms with Crippen molar-refractivity contribution in [1.29, 1.82) is 0 Å². The van der Waals surface area contributed by atoms with Crippen molar-refractivity contribution in [3.05, 3.63) is 36.0 Å². The minimum atomic E-state index is -0.990.